The van der Waals surface area contributed by atoms with Gasteiger partial charge in [-0.2, -0.15) is 0 Å². The highest BCUT2D eigenvalue weighted by atomic mass is 16.5. The van der Waals surface area contributed by atoms with Crippen molar-refractivity contribution in [2.24, 2.45) is 0 Å². The van der Waals surface area contributed by atoms with Crippen LogP contribution < -0.4 is 11.1 Å². The Bertz CT molecular complexity index is 337. The summed E-state index contributed by atoms with van der Waals surface area (Å²) in [5, 5.41) is 3.43. The lowest BCUT2D eigenvalue weighted by molar-refractivity contribution is 0.0254. The number of nitrogen functional groups attached to an aromatic ring is 1. The summed E-state index contributed by atoms with van der Waals surface area (Å²) >= 11 is 0. The van der Waals surface area contributed by atoms with E-state index in [1.54, 1.807) is 0 Å². The van der Waals surface area contributed by atoms with Crippen molar-refractivity contribution in [2.45, 2.75) is 13.1 Å². The molecule has 1 aliphatic rings. The van der Waals surface area contributed by atoms with Crippen molar-refractivity contribution in [1.82, 2.24) is 4.90 Å². The first-order chi connectivity index (χ1) is 7.77. The lowest BCUT2D eigenvalue weighted by atomic mass is 10.2. The summed E-state index contributed by atoms with van der Waals surface area (Å²) < 4.78 is 5.33. The van der Waals surface area contributed by atoms with E-state index in [0.29, 0.717) is 0 Å². The number of hydrogen-bond acceptors (Lipinski definition) is 4. The Balaban J connectivity index is 1.96. The van der Waals surface area contributed by atoms with Crippen LogP contribution in [0.1, 0.15) is 6.92 Å². The maximum atomic E-state index is 5.89. The number of rotatable bonds is 3. The molecule has 4 nitrogen and oxygen atoms in total. The van der Waals surface area contributed by atoms with Gasteiger partial charge in [-0.25, -0.2) is 0 Å². The van der Waals surface area contributed by atoms with Crippen LogP contribution in [-0.2, 0) is 4.74 Å². The van der Waals surface area contributed by atoms with Crippen LogP contribution in [-0.4, -0.2) is 37.4 Å². The largest absolute Gasteiger partial charge is 0.397 e. The average Bonchev–Trinajstić information content (AvgIpc) is 2.33. The topological polar surface area (TPSA) is 50.5 Å². The highest BCUT2D eigenvalue weighted by Gasteiger charge is 2.16. The summed E-state index contributed by atoms with van der Waals surface area (Å²) in [5.74, 6) is 0. The monoisotopic (exact) mass is 221 g/mol. The van der Waals surface area contributed by atoms with E-state index in [-0.39, 0.29) is 6.17 Å². The minimum Gasteiger partial charge on any atom is -0.397 e. The molecule has 0 amide bonds. The third-order valence-electron chi connectivity index (χ3n) is 2.92. The fraction of sp³-hybridized carbons (Fsp3) is 0.500. The third-order valence-corrected chi connectivity index (χ3v) is 2.92. The maximum Gasteiger partial charge on any atom is 0.0766 e. The van der Waals surface area contributed by atoms with Crippen LogP contribution in [0.2, 0.25) is 0 Å². The first-order valence-electron chi connectivity index (χ1n) is 5.70. The SMILES string of the molecule is CC(Nc1ccccc1N)N1CCOCC1. The van der Waals surface area contributed by atoms with E-state index in [9.17, 15) is 0 Å². The second-order valence-corrected chi connectivity index (χ2v) is 4.06. The van der Waals surface area contributed by atoms with Crippen molar-refractivity contribution in [3.05, 3.63) is 24.3 Å². The number of ether oxygens (including phenoxy) is 1. The second kappa shape index (κ2) is 5.18. The molecule has 1 aliphatic heterocycles. The van der Waals surface area contributed by atoms with Gasteiger partial charge in [0.25, 0.3) is 0 Å². The fourth-order valence-corrected chi connectivity index (χ4v) is 1.91. The Hall–Kier alpha value is -1.26. The molecule has 1 unspecified atom stereocenters. The predicted octanol–water partition coefficient (Wildman–Crippen LogP) is 1.36. The summed E-state index contributed by atoms with van der Waals surface area (Å²) in [7, 11) is 0. The van der Waals surface area contributed by atoms with Crippen LogP contribution >= 0.6 is 0 Å². The number of morpholine rings is 1. The lowest BCUT2D eigenvalue weighted by Crippen LogP contribution is -2.45. The quantitative estimate of drug-likeness (QED) is 0.757. The van der Waals surface area contributed by atoms with Gasteiger partial charge in [0.2, 0.25) is 0 Å². The molecule has 0 aliphatic carbocycles. The molecular weight excluding hydrogens is 202 g/mol. The van der Waals surface area contributed by atoms with Gasteiger partial charge < -0.3 is 15.8 Å². The smallest absolute Gasteiger partial charge is 0.0766 e. The second-order valence-electron chi connectivity index (χ2n) is 4.06. The first kappa shape index (κ1) is 11.2. The Morgan fingerprint density at radius 1 is 1.31 bits per heavy atom. The van der Waals surface area contributed by atoms with Crippen molar-refractivity contribution < 1.29 is 4.74 Å². The number of nitrogens with zero attached hydrogens (tertiary/aromatic N) is 1. The van der Waals surface area contributed by atoms with E-state index in [1.165, 1.54) is 0 Å². The molecule has 0 saturated carbocycles. The molecule has 1 atom stereocenters. The number of benzene rings is 1. The maximum absolute atomic E-state index is 5.89. The molecule has 1 aromatic carbocycles. The van der Waals surface area contributed by atoms with Gasteiger partial charge >= 0.3 is 0 Å². The molecule has 3 N–H and O–H groups in total. The van der Waals surface area contributed by atoms with E-state index >= 15 is 0 Å². The number of hydrogen-bond donors (Lipinski definition) is 2. The van der Waals surface area contributed by atoms with E-state index in [4.69, 9.17) is 10.5 Å². The molecule has 2 rings (SSSR count). The Morgan fingerprint density at radius 3 is 2.69 bits per heavy atom. The molecule has 16 heavy (non-hydrogen) atoms. The van der Waals surface area contributed by atoms with Gasteiger partial charge in [0.15, 0.2) is 0 Å². The van der Waals surface area contributed by atoms with Gasteiger partial charge in [0.05, 0.1) is 30.8 Å². The molecule has 0 radical (unpaired) electrons. The zero-order chi connectivity index (χ0) is 11.4. The highest BCUT2D eigenvalue weighted by Crippen LogP contribution is 2.18. The zero-order valence-corrected chi connectivity index (χ0v) is 9.65. The van der Waals surface area contributed by atoms with Gasteiger partial charge in [-0.15, -0.1) is 0 Å². The van der Waals surface area contributed by atoms with Gasteiger partial charge in [-0.05, 0) is 19.1 Å². The minimum absolute atomic E-state index is 0.286. The summed E-state index contributed by atoms with van der Waals surface area (Å²) in [6, 6.07) is 7.85. The standard InChI is InChI=1S/C12H19N3O/c1-10(15-6-8-16-9-7-15)14-12-5-3-2-4-11(12)13/h2-5,10,14H,6-9,13H2,1H3. The van der Waals surface area contributed by atoms with Gasteiger partial charge in [-0.1, -0.05) is 12.1 Å². The number of para-hydroxylation sites is 2. The summed E-state index contributed by atoms with van der Waals surface area (Å²) in [4.78, 5) is 2.36. The normalized spacial score (nSPS) is 19.3. The number of nitrogens with one attached hydrogen (secondary N) is 1. The molecule has 0 spiro atoms. The molecular formula is C12H19N3O. The first-order valence-corrected chi connectivity index (χ1v) is 5.70. The Kier molecular flexibility index (Phi) is 3.64. The Labute approximate surface area is 96.4 Å². The van der Waals surface area contributed by atoms with Crippen LogP contribution in [0, 0.1) is 0 Å². The molecule has 1 heterocycles. The highest BCUT2D eigenvalue weighted by molar-refractivity contribution is 5.65. The molecule has 1 saturated heterocycles. The molecule has 88 valence electrons. The van der Waals surface area contributed by atoms with Crippen LogP contribution in [0.25, 0.3) is 0 Å². The van der Waals surface area contributed by atoms with Crippen LogP contribution in [0.4, 0.5) is 11.4 Å². The summed E-state index contributed by atoms with van der Waals surface area (Å²) in [6.45, 7) is 5.73. The zero-order valence-electron chi connectivity index (χ0n) is 9.65. The van der Waals surface area contributed by atoms with Crippen molar-refractivity contribution in [3.63, 3.8) is 0 Å². The van der Waals surface area contributed by atoms with E-state index in [0.717, 1.165) is 37.7 Å². The molecule has 0 aromatic heterocycles. The summed E-state index contributed by atoms with van der Waals surface area (Å²) in [5.41, 5.74) is 7.69. The van der Waals surface area contributed by atoms with Gasteiger partial charge in [0.1, 0.15) is 0 Å². The van der Waals surface area contributed by atoms with Crippen molar-refractivity contribution in [3.8, 4) is 0 Å². The molecule has 0 bridgehead atoms. The van der Waals surface area contributed by atoms with E-state index in [2.05, 4.69) is 17.1 Å². The third kappa shape index (κ3) is 2.65. The van der Waals surface area contributed by atoms with E-state index < -0.39 is 0 Å². The predicted molar refractivity (Wildman–Crippen MR) is 66.3 cm³/mol. The van der Waals surface area contributed by atoms with Crippen molar-refractivity contribution in [2.75, 3.05) is 37.4 Å². The summed E-state index contributed by atoms with van der Waals surface area (Å²) in [6.07, 6.45) is 0.286. The van der Waals surface area contributed by atoms with Crippen LogP contribution in [0.3, 0.4) is 0 Å². The average molecular weight is 221 g/mol. The van der Waals surface area contributed by atoms with Crippen molar-refractivity contribution >= 4 is 11.4 Å². The fourth-order valence-electron chi connectivity index (χ4n) is 1.91. The van der Waals surface area contributed by atoms with Crippen LogP contribution in [0.15, 0.2) is 24.3 Å². The number of anilines is 2. The Morgan fingerprint density at radius 2 is 2.00 bits per heavy atom. The lowest BCUT2D eigenvalue weighted by Gasteiger charge is -2.33. The van der Waals surface area contributed by atoms with Gasteiger partial charge in [0, 0.05) is 13.1 Å². The minimum atomic E-state index is 0.286. The number of nitrogens with two attached hydrogens (primary N) is 1. The molecule has 4 heteroatoms. The van der Waals surface area contributed by atoms with Crippen LogP contribution in [0.5, 0.6) is 0 Å². The molecule has 1 aromatic rings. The van der Waals surface area contributed by atoms with E-state index in [1.807, 2.05) is 24.3 Å². The van der Waals surface area contributed by atoms with Gasteiger partial charge in [-0.3, -0.25) is 4.90 Å². The molecule has 1 fully saturated rings. The van der Waals surface area contributed by atoms with Crippen molar-refractivity contribution in [1.29, 1.82) is 0 Å².